The van der Waals surface area contributed by atoms with Gasteiger partial charge in [-0.15, -0.1) is 0 Å². The Balaban J connectivity index is 1.41. The van der Waals surface area contributed by atoms with Crippen molar-refractivity contribution in [3.05, 3.63) is 69.9 Å². The Morgan fingerprint density at radius 1 is 1.18 bits per heavy atom. The second kappa shape index (κ2) is 8.06. The van der Waals surface area contributed by atoms with Crippen LogP contribution in [0.5, 0.6) is 11.5 Å². The molecule has 174 valence electrons. The second-order valence-electron chi connectivity index (χ2n) is 7.25. The maximum absolute atomic E-state index is 13.1. The number of nitrogens with one attached hydrogen (secondary N) is 1. The average Bonchev–Trinajstić information content (AvgIpc) is 3.42. The van der Waals surface area contributed by atoms with E-state index in [9.17, 15) is 22.8 Å². The third kappa shape index (κ3) is 3.92. The maximum Gasteiger partial charge on any atom is 0.416 e. The smallest absolute Gasteiger partial charge is 0.416 e. The summed E-state index contributed by atoms with van der Waals surface area (Å²) in [6.07, 6.45) is -2.22. The van der Waals surface area contributed by atoms with Gasteiger partial charge in [0.25, 0.3) is 5.56 Å². The number of fused-ring (bicyclic) bond motifs is 2. The van der Waals surface area contributed by atoms with Gasteiger partial charge in [-0.3, -0.25) is 14.2 Å². The number of ether oxygens (including phenoxy) is 2. The summed E-state index contributed by atoms with van der Waals surface area (Å²) in [6.45, 7) is -0.348. The van der Waals surface area contributed by atoms with Crippen molar-refractivity contribution in [2.75, 3.05) is 12.1 Å². The normalized spacial score (nSPS) is 12.8. The van der Waals surface area contributed by atoms with Crippen molar-refractivity contribution >= 4 is 34.2 Å². The van der Waals surface area contributed by atoms with E-state index in [-0.39, 0.29) is 40.8 Å². The molecule has 5 rings (SSSR count). The minimum atomic E-state index is -4.53. The van der Waals surface area contributed by atoms with Gasteiger partial charge in [-0.1, -0.05) is 17.7 Å². The molecule has 0 spiro atoms. The van der Waals surface area contributed by atoms with Crippen LogP contribution in [0, 0.1) is 0 Å². The Bertz CT molecular complexity index is 1500. The van der Waals surface area contributed by atoms with Crippen LogP contribution in [0.1, 0.15) is 5.56 Å². The van der Waals surface area contributed by atoms with Crippen molar-refractivity contribution in [2.45, 2.75) is 12.7 Å². The molecule has 1 N–H and O–H groups in total. The molecule has 1 aliphatic rings. The number of benzene rings is 2. The number of nitrogens with zero attached hydrogens (tertiary/aromatic N) is 4. The lowest BCUT2D eigenvalue weighted by molar-refractivity contribution is -0.137. The van der Waals surface area contributed by atoms with E-state index >= 15 is 0 Å². The molecular weight excluding hydrogens is 479 g/mol. The van der Waals surface area contributed by atoms with E-state index < -0.39 is 23.2 Å². The number of anilines is 1. The van der Waals surface area contributed by atoms with Gasteiger partial charge in [0.05, 0.1) is 28.2 Å². The maximum atomic E-state index is 13.1. The number of hydrogen-bond donors (Lipinski definition) is 1. The summed E-state index contributed by atoms with van der Waals surface area (Å²) in [7, 11) is 0. The number of hydrogen-bond acceptors (Lipinski definition) is 6. The van der Waals surface area contributed by atoms with Crippen LogP contribution in [0.3, 0.4) is 0 Å². The summed E-state index contributed by atoms with van der Waals surface area (Å²) in [4.78, 5) is 29.5. The molecule has 1 amide bonds. The first-order valence-electron chi connectivity index (χ1n) is 9.70. The molecule has 2 aromatic carbocycles. The van der Waals surface area contributed by atoms with Gasteiger partial charge in [0, 0.05) is 12.1 Å². The van der Waals surface area contributed by atoms with Crippen molar-refractivity contribution in [3.8, 4) is 17.2 Å². The van der Waals surface area contributed by atoms with Crippen LogP contribution >= 0.6 is 11.6 Å². The van der Waals surface area contributed by atoms with Gasteiger partial charge in [-0.25, -0.2) is 9.67 Å². The van der Waals surface area contributed by atoms with Crippen LogP contribution in [0.15, 0.2) is 53.7 Å². The van der Waals surface area contributed by atoms with Crippen molar-refractivity contribution in [1.82, 2.24) is 19.3 Å². The van der Waals surface area contributed by atoms with Crippen LogP contribution in [0.4, 0.5) is 18.9 Å². The Morgan fingerprint density at radius 3 is 2.71 bits per heavy atom. The Labute approximate surface area is 193 Å². The number of halogens is 4. The summed E-state index contributed by atoms with van der Waals surface area (Å²) in [5.41, 5.74) is -1.03. The van der Waals surface area contributed by atoms with Crippen molar-refractivity contribution < 1.29 is 27.4 Å². The molecule has 0 aliphatic carbocycles. The minimum Gasteiger partial charge on any atom is -0.454 e. The molecule has 34 heavy (non-hydrogen) atoms. The van der Waals surface area contributed by atoms with E-state index in [1.807, 2.05) is 0 Å². The van der Waals surface area contributed by atoms with E-state index in [2.05, 4.69) is 15.4 Å². The standard InChI is InChI=1S/C21H13ClF3N5O4/c22-14-5-16-17(34-10-33-16)6-15(14)28-18(31)8-29-9-26-19-13(20(29)32)7-27-30(19)12-3-1-2-11(4-12)21(23,24)25/h1-7,9H,8,10H2,(H,28,31). The number of alkyl halides is 3. The summed E-state index contributed by atoms with van der Waals surface area (Å²) in [5, 5.41) is 6.86. The third-order valence-electron chi connectivity index (χ3n) is 5.02. The van der Waals surface area contributed by atoms with Gasteiger partial charge in [-0.2, -0.15) is 18.3 Å². The van der Waals surface area contributed by atoms with Crippen LogP contribution in [-0.2, 0) is 17.5 Å². The molecule has 13 heteroatoms. The molecule has 0 bridgehead atoms. The average molecular weight is 492 g/mol. The molecule has 2 aromatic heterocycles. The lowest BCUT2D eigenvalue weighted by Gasteiger charge is -2.10. The third-order valence-corrected chi connectivity index (χ3v) is 5.34. The van der Waals surface area contributed by atoms with E-state index in [1.54, 1.807) is 0 Å². The number of rotatable bonds is 4. The van der Waals surface area contributed by atoms with Gasteiger partial charge in [0.1, 0.15) is 18.3 Å². The van der Waals surface area contributed by atoms with E-state index in [0.717, 1.165) is 27.7 Å². The highest BCUT2D eigenvalue weighted by molar-refractivity contribution is 6.34. The number of carbonyl (C=O) groups is 1. The summed E-state index contributed by atoms with van der Waals surface area (Å²) >= 11 is 6.15. The zero-order valence-corrected chi connectivity index (χ0v) is 17.7. The second-order valence-corrected chi connectivity index (χ2v) is 7.66. The fourth-order valence-electron chi connectivity index (χ4n) is 3.42. The quantitative estimate of drug-likeness (QED) is 0.468. The van der Waals surface area contributed by atoms with Gasteiger partial charge < -0.3 is 14.8 Å². The van der Waals surface area contributed by atoms with Crippen LogP contribution in [0.2, 0.25) is 5.02 Å². The Morgan fingerprint density at radius 2 is 1.94 bits per heavy atom. The van der Waals surface area contributed by atoms with Gasteiger partial charge in [-0.05, 0) is 18.2 Å². The molecule has 0 saturated carbocycles. The Hall–Kier alpha value is -4.06. The number of aromatic nitrogens is 4. The van der Waals surface area contributed by atoms with E-state index in [4.69, 9.17) is 21.1 Å². The van der Waals surface area contributed by atoms with Crippen molar-refractivity contribution in [2.24, 2.45) is 0 Å². The molecule has 0 unspecified atom stereocenters. The van der Waals surface area contributed by atoms with E-state index in [1.165, 1.54) is 30.5 Å². The highest BCUT2D eigenvalue weighted by Gasteiger charge is 2.30. The highest BCUT2D eigenvalue weighted by atomic mass is 35.5. The predicted molar refractivity (Wildman–Crippen MR) is 114 cm³/mol. The lowest BCUT2D eigenvalue weighted by atomic mass is 10.2. The summed E-state index contributed by atoms with van der Waals surface area (Å²) in [5.74, 6) is 0.308. The zero-order chi connectivity index (χ0) is 24.0. The molecule has 1 aliphatic heterocycles. The fourth-order valence-corrected chi connectivity index (χ4v) is 3.62. The van der Waals surface area contributed by atoms with Crippen LogP contribution < -0.4 is 20.3 Å². The number of carbonyl (C=O) groups excluding carboxylic acids is 1. The molecular formula is C21H13ClF3N5O4. The van der Waals surface area contributed by atoms with Gasteiger partial charge >= 0.3 is 6.18 Å². The molecule has 0 radical (unpaired) electrons. The first-order chi connectivity index (χ1) is 16.2. The topological polar surface area (TPSA) is 100 Å². The zero-order valence-electron chi connectivity index (χ0n) is 17.0. The molecule has 4 aromatic rings. The monoisotopic (exact) mass is 491 g/mol. The first-order valence-corrected chi connectivity index (χ1v) is 10.1. The van der Waals surface area contributed by atoms with Crippen LogP contribution in [0.25, 0.3) is 16.7 Å². The molecule has 9 nitrogen and oxygen atoms in total. The lowest BCUT2D eigenvalue weighted by Crippen LogP contribution is -2.28. The SMILES string of the molecule is O=C(Cn1cnc2c(cnn2-c2cccc(C(F)(F)F)c2)c1=O)Nc1cc2c(cc1Cl)OCO2. The number of amides is 1. The first kappa shape index (κ1) is 21.8. The van der Waals surface area contributed by atoms with Gasteiger partial charge in [0.2, 0.25) is 12.7 Å². The highest BCUT2D eigenvalue weighted by Crippen LogP contribution is 2.39. The van der Waals surface area contributed by atoms with Crippen LogP contribution in [-0.4, -0.2) is 32.0 Å². The Kier molecular flexibility index (Phi) is 5.16. The minimum absolute atomic E-state index is 0.0359. The van der Waals surface area contributed by atoms with E-state index in [0.29, 0.717) is 11.5 Å². The predicted octanol–water partition coefficient (Wildman–Crippen LogP) is 3.62. The van der Waals surface area contributed by atoms with Crippen molar-refractivity contribution in [1.29, 1.82) is 0 Å². The molecule has 0 fully saturated rings. The van der Waals surface area contributed by atoms with Crippen molar-refractivity contribution in [3.63, 3.8) is 0 Å². The fraction of sp³-hybridized carbons (Fsp3) is 0.143. The largest absolute Gasteiger partial charge is 0.454 e. The summed E-state index contributed by atoms with van der Waals surface area (Å²) < 4.78 is 51.8. The molecule has 3 heterocycles. The molecule has 0 atom stereocenters. The van der Waals surface area contributed by atoms with Gasteiger partial charge in [0.15, 0.2) is 17.1 Å². The summed E-state index contributed by atoms with van der Waals surface area (Å²) in [6, 6.07) is 7.49. The molecule has 0 saturated heterocycles.